The van der Waals surface area contributed by atoms with E-state index in [4.69, 9.17) is 0 Å². The maximum Gasteiger partial charge on any atom is 0.271 e. The smallest absolute Gasteiger partial charge is 0.271 e. The summed E-state index contributed by atoms with van der Waals surface area (Å²) in [6.07, 6.45) is 4.19. The van der Waals surface area contributed by atoms with Crippen LogP contribution >= 0.6 is 0 Å². The molecule has 2 atom stereocenters. The molecule has 0 radical (unpaired) electrons. The van der Waals surface area contributed by atoms with E-state index in [0.29, 0.717) is 5.69 Å². The molecule has 1 aromatic heterocycles. The first-order chi connectivity index (χ1) is 11.7. The van der Waals surface area contributed by atoms with Gasteiger partial charge in [-0.15, -0.1) is 0 Å². The molecule has 3 rings (SSSR count). The zero-order chi connectivity index (χ0) is 16.9. The number of carbonyl (C=O) groups is 1. The number of carbonyl (C=O) groups excluding carboxylic acids is 1. The monoisotopic (exact) mass is 328 g/mol. The van der Waals surface area contributed by atoms with E-state index in [-0.39, 0.29) is 24.5 Å². The lowest BCUT2D eigenvalue weighted by atomic mass is 9.92. The zero-order valence-electron chi connectivity index (χ0n) is 13.9. The van der Waals surface area contributed by atoms with E-state index in [9.17, 15) is 9.90 Å². The van der Waals surface area contributed by atoms with Crippen molar-refractivity contribution >= 4 is 5.91 Å². The van der Waals surface area contributed by atoms with E-state index in [1.807, 2.05) is 25.2 Å². The third-order valence-electron chi connectivity index (χ3n) is 4.58. The highest BCUT2D eigenvalue weighted by Gasteiger charge is 2.30. The second-order valence-electron chi connectivity index (χ2n) is 6.46. The SMILES string of the molecule is Cn1cnc(C(=O)N[C@H]2CN(Cc3ccccc3)CC[C@@H]2CO)c1. The van der Waals surface area contributed by atoms with Crippen molar-refractivity contribution < 1.29 is 9.90 Å². The minimum absolute atomic E-state index is 0.0676. The first kappa shape index (κ1) is 16.7. The van der Waals surface area contributed by atoms with E-state index in [2.05, 4.69) is 27.3 Å². The summed E-state index contributed by atoms with van der Waals surface area (Å²) in [5, 5.41) is 12.7. The number of amides is 1. The molecule has 0 bridgehead atoms. The van der Waals surface area contributed by atoms with Crippen molar-refractivity contribution in [2.45, 2.75) is 19.0 Å². The standard InChI is InChI=1S/C18H24N4O2/c1-21-10-17(19-13-21)18(24)20-16-11-22(8-7-15(16)12-23)9-14-5-3-2-4-6-14/h2-6,10,13,15-16,23H,7-9,11-12H2,1H3,(H,20,24)/t15-,16+/m1/s1. The van der Waals surface area contributed by atoms with Crippen molar-refractivity contribution in [2.75, 3.05) is 19.7 Å². The lowest BCUT2D eigenvalue weighted by Gasteiger charge is -2.38. The molecule has 0 saturated carbocycles. The molecule has 1 saturated heterocycles. The van der Waals surface area contributed by atoms with Crippen LogP contribution in [0.4, 0.5) is 0 Å². The van der Waals surface area contributed by atoms with Crippen molar-refractivity contribution in [1.82, 2.24) is 19.8 Å². The Morgan fingerprint density at radius 1 is 1.38 bits per heavy atom. The summed E-state index contributed by atoms with van der Waals surface area (Å²) in [6, 6.07) is 10.2. The Hall–Kier alpha value is -2.18. The van der Waals surface area contributed by atoms with Gasteiger partial charge in [0.15, 0.2) is 0 Å². The summed E-state index contributed by atoms with van der Waals surface area (Å²) in [5.74, 6) is -0.0923. The predicted molar refractivity (Wildman–Crippen MR) is 91.4 cm³/mol. The Morgan fingerprint density at radius 3 is 2.83 bits per heavy atom. The molecular weight excluding hydrogens is 304 g/mol. The maximum absolute atomic E-state index is 12.4. The first-order valence-corrected chi connectivity index (χ1v) is 8.31. The molecule has 1 fully saturated rings. The summed E-state index contributed by atoms with van der Waals surface area (Å²) >= 11 is 0. The van der Waals surface area contributed by atoms with Gasteiger partial charge in [0.2, 0.25) is 0 Å². The van der Waals surface area contributed by atoms with E-state index in [1.54, 1.807) is 17.1 Å². The number of aryl methyl sites for hydroxylation is 1. The second kappa shape index (κ2) is 7.59. The molecule has 1 aliphatic rings. The van der Waals surface area contributed by atoms with Crippen molar-refractivity contribution in [2.24, 2.45) is 13.0 Å². The van der Waals surface area contributed by atoms with Gasteiger partial charge >= 0.3 is 0 Å². The lowest BCUT2D eigenvalue weighted by molar-refractivity contribution is 0.0727. The Balaban J connectivity index is 1.64. The molecule has 0 aliphatic carbocycles. The van der Waals surface area contributed by atoms with Crippen LogP contribution in [0.3, 0.4) is 0 Å². The van der Waals surface area contributed by atoms with Crippen LogP contribution in [0, 0.1) is 5.92 Å². The van der Waals surface area contributed by atoms with Gasteiger partial charge in [-0.25, -0.2) is 4.98 Å². The molecule has 2 aromatic rings. The topological polar surface area (TPSA) is 70.4 Å². The predicted octanol–water partition coefficient (Wildman–Crippen LogP) is 1.03. The van der Waals surface area contributed by atoms with Gasteiger partial charge in [-0.1, -0.05) is 30.3 Å². The molecule has 6 heteroatoms. The molecule has 6 nitrogen and oxygen atoms in total. The second-order valence-corrected chi connectivity index (χ2v) is 6.46. The normalized spacial score (nSPS) is 21.6. The Morgan fingerprint density at radius 2 is 2.17 bits per heavy atom. The van der Waals surface area contributed by atoms with Crippen LogP contribution in [-0.2, 0) is 13.6 Å². The number of aliphatic hydroxyl groups excluding tert-OH is 1. The van der Waals surface area contributed by atoms with Crippen LogP contribution in [-0.4, -0.2) is 51.2 Å². The van der Waals surface area contributed by atoms with E-state index < -0.39 is 0 Å². The minimum Gasteiger partial charge on any atom is -0.396 e. The Labute approximate surface area is 142 Å². The molecule has 1 aromatic carbocycles. The fourth-order valence-electron chi connectivity index (χ4n) is 3.21. The summed E-state index contributed by atoms with van der Waals surface area (Å²) in [6.45, 7) is 2.61. The minimum atomic E-state index is -0.180. The highest BCUT2D eigenvalue weighted by Crippen LogP contribution is 2.19. The molecule has 24 heavy (non-hydrogen) atoms. The number of benzene rings is 1. The van der Waals surface area contributed by atoms with Crippen LogP contribution in [0.25, 0.3) is 0 Å². The highest BCUT2D eigenvalue weighted by atomic mass is 16.3. The van der Waals surface area contributed by atoms with Gasteiger partial charge in [-0.05, 0) is 18.5 Å². The number of nitrogens with one attached hydrogen (secondary N) is 1. The highest BCUT2D eigenvalue weighted by molar-refractivity contribution is 5.92. The van der Waals surface area contributed by atoms with Crippen molar-refractivity contribution in [1.29, 1.82) is 0 Å². The molecule has 2 heterocycles. The molecule has 128 valence electrons. The number of hydrogen-bond acceptors (Lipinski definition) is 4. The van der Waals surface area contributed by atoms with Gasteiger partial charge in [0.1, 0.15) is 5.69 Å². The van der Waals surface area contributed by atoms with E-state index in [0.717, 1.165) is 26.1 Å². The molecule has 2 N–H and O–H groups in total. The van der Waals surface area contributed by atoms with Gasteiger partial charge in [0.25, 0.3) is 5.91 Å². The Bertz CT molecular complexity index is 671. The van der Waals surface area contributed by atoms with Crippen molar-refractivity contribution in [3.8, 4) is 0 Å². The number of piperidine rings is 1. The number of imidazole rings is 1. The van der Waals surface area contributed by atoms with Crippen molar-refractivity contribution in [3.05, 3.63) is 54.1 Å². The lowest BCUT2D eigenvalue weighted by Crippen LogP contribution is -2.53. The zero-order valence-corrected chi connectivity index (χ0v) is 13.9. The number of aliphatic hydroxyl groups is 1. The first-order valence-electron chi connectivity index (χ1n) is 8.31. The molecular formula is C18H24N4O2. The number of rotatable bonds is 5. The van der Waals surface area contributed by atoms with Crippen LogP contribution in [0.5, 0.6) is 0 Å². The van der Waals surface area contributed by atoms with Gasteiger partial charge in [-0.3, -0.25) is 9.69 Å². The van der Waals surface area contributed by atoms with Gasteiger partial charge in [-0.2, -0.15) is 0 Å². The average molecular weight is 328 g/mol. The fraction of sp³-hybridized carbons (Fsp3) is 0.444. The third kappa shape index (κ3) is 4.01. The van der Waals surface area contributed by atoms with Gasteiger partial charge < -0.3 is 15.0 Å². The maximum atomic E-state index is 12.4. The number of hydrogen-bond donors (Lipinski definition) is 2. The number of nitrogens with zero attached hydrogens (tertiary/aromatic N) is 3. The quantitative estimate of drug-likeness (QED) is 0.860. The van der Waals surface area contributed by atoms with E-state index in [1.165, 1.54) is 5.56 Å². The van der Waals surface area contributed by atoms with E-state index >= 15 is 0 Å². The fourth-order valence-corrected chi connectivity index (χ4v) is 3.21. The summed E-state index contributed by atoms with van der Waals surface area (Å²) < 4.78 is 1.75. The van der Waals surface area contributed by atoms with Crippen LogP contribution in [0.15, 0.2) is 42.9 Å². The Kier molecular flexibility index (Phi) is 5.27. The average Bonchev–Trinajstić information content (AvgIpc) is 3.03. The molecule has 0 unspecified atom stereocenters. The van der Waals surface area contributed by atoms with Crippen LogP contribution < -0.4 is 5.32 Å². The number of likely N-dealkylation sites (tertiary alicyclic amines) is 1. The summed E-state index contributed by atoms with van der Waals surface area (Å²) in [5.41, 5.74) is 1.67. The molecule has 1 amide bonds. The van der Waals surface area contributed by atoms with Crippen molar-refractivity contribution in [3.63, 3.8) is 0 Å². The molecule has 1 aliphatic heterocycles. The van der Waals surface area contributed by atoms with Crippen LogP contribution in [0.1, 0.15) is 22.5 Å². The summed E-state index contributed by atoms with van der Waals surface area (Å²) in [7, 11) is 1.84. The number of aromatic nitrogens is 2. The third-order valence-corrected chi connectivity index (χ3v) is 4.58. The van der Waals surface area contributed by atoms with Gasteiger partial charge in [0, 0.05) is 44.9 Å². The van der Waals surface area contributed by atoms with Crippen LogP contribution in [0.2, 0.25) is 0 Å². The largest absolute Gasteiger partial charge is 0.396 e. The van der Waals surface area contributed by atoms with Gasteiger partial charge in [0.05, 0.1) is 6.33 Å². The summed E-state index contributed by atoms with van der Waals surface area (Å²) in [4.78, 5) is 18.8. The molecule has 0 spiro atoms.